The summed E-state index contributed by atoms with van der Waals surface area (Å²) in [5.74, 6) is 0. The minimum Gasteiger partial charge on any atom is -0.729 e. The molecule has 0 aromatic rings. The number of hydrogen-bond acceptors (Lipinski definition) is 0. The second-order valence-electron chi connectivity index (χ2n) is 18.7. The van der Waals surface area contributed by atoms with Crippen LogP contribution in [0.3, 0.4) is 0 Å². The summed E-state index contributed by atoms with van der Waals surface area (Å²) >= 11 is 0. The van der Waals surface area contributed by atoms with E-state index in [0.717, 1.165) is 7.06 Å². The summed E-state index contributed by atoms with van der Waals surface area (Å²) in [7, 11) is 229. The predicted molar refractivity (Wildman–Crippen MR) is 386 cm³/mol. The molecule has 0 rings (SSSR count). The van der Waals surface area contributed by atoms with Crippen molar-refractivity contribution in [2.75, 3.05) is 0 Å². The van der Waals surface area contributed by atoms with E-state index in [9.17, 15) is 0 Å². The third-order valence-corrected chi connectivity index (χ3v) is 14.0. The van der Waals surface area contributed by atoms with E-state index in [1.165, 1.54) is 0 Å². The molecule has 0 aliphatic carbocycles. The van der Waals surface area contributed by atoms with Crippen molar-refractivity contribution in [1.29, 1.82) is 0 Å². The zero-order chi connectivity index (χ0) is 53.2. The Bertz CT molecular complexity index is 1080. The maximum Gasteiger partial charge on any atom is -0.000000000000000000119 e. The van der Waals surface area contributed by atoms with Crippen molar-refractivity contribution in [3.63, 3.8) is 0 Å². The van der Waals surface area contributed by atoms with Gasteiger partial charge in [-0.3, -0.25) is 7.06 Å². The quantitative estimate of drug-likeness (QED) is 0.0606. The molecule has 0 spiro atoms. The molecule has 67 heteroatoms. The van der Waals surface area contributed by atoms with Crippen LogP contribution >= 0.6 is 0 Å². The average Bonchev–Trinajstić information content (AvgIpc) is 3.11. The third kappa shape index (κ3) is 19.3. The first-order valence-corrected chi connectivity index (χ1v) is 22.0. The SMILES string of the molecule is [B]B([B])B(B([B])[B])B(B(B([B])[B])B([B])[B])B(B(B(B([B])[B])B([B])[B])B(B([B])[B])B([B])[B])B(B(B(B([B])[B])B([B])[B])B(B([B])[B])B([B])[B])B(B(B([B])[B])B([B])[B])B(B([B])[B][B-])B(B([B])[B-])B([B-])[B-]. The van der Waals surface area contributed by atoms with Gasteiger partial charge in [-0.2, -0.15) is 0 Å². The highest BCUT2D eigenvalue weighted by atomic mass is 13.4. The molecule has 0 bridgehead atoms. The van der Waals surface area contributed by atoms with Crippen LogP contribution in [0.1, 0.15) is 0 Å². The molecule has 0 saturated carbocycles. The Morgan fingerprint density at radius 1 is 0.194 bits per heavy atom. The smallest absolute Gasteiger partial charge is 0.000000000000000000119 e. The van der Waals surface area contributed by atoms with Gasteiger partial charge in [0, 0.05) is 0 Å². The van der Waals surface area contributed by atoms with Gasteiger partial charge in [0.15, 0.2) is 0 Å². The first-order chi connectivity index (χ1) is 30.5. The van der Waals surface area contributed by atoms with E-state index in [-0.39, 0.29) is 0 Å². The standard InChI is InChI=1S/B67/c1-35-52(34)61(53(36(2)3)37(4)5)65(60(50(30)31)51(32)33)67(64(58(46(22)23)47(24)25)59(48(26)27)49(28)29)66(62(54(38(6)7)39(8)9)55(40(10)11)41(12)13)63(56(42(14)15)43(16)17)57(44(18)19)45(20)21/q-4. The zero-order valence-corrected chi connectivity index (χ0v) is 38.7. The second-order valence-corrected chi connectivity index (χ2v) is 18.7. The Morgan fingerprint density at radius 3 is 0.433 bits per heavy atom. The fraction of sp³-hybridized carbons (Fsp3) is 0. The monoisotopic (exact) mass is 738 g/mol. The van der Waals surface area contributed by atoms with Crippen LogP contribution in [0.4, 0.5) is 0 Å². The molecule has 0 aromatic heterocycles. The van der Waals surface area contributed by atoms with Crippen LogP contribution in [0.2, 0.25) is 0 Å². The van der Waals surface area contributed by atoms with Crippen LogP contribution in [0.25, 0.3) is 0 Å². The minimum absolute atomic E-state index is 1.08. The molecule has 67 heavy (non-hydrogen) atoms. The van der Waals surface area contributed by atoms with Crippen LogP contribution in [-0.4, -0.2) is 474 Å². The molecule has 0 aliphatic rings. The lowest BCUT2D eigenvalue weighted by molar-refractivity contribution is 3.16. The van der Waals surface area contributed by atoms with E-state index >= 15 is 0 Å². The first-order valence-electron chi connectivity index (χ1n) is 22.0. The van der Waals surface area contributed by atoms with Crippen LogP contribution in [0.15, 0.2) is 0 Å². The summed E-state index contributed by atoms with van der Waals surface area (Å²) in [5, 5.41) is 0. The van der Waals surface area contributed by atoms with Gasteiger partial charge in [-0.15, -0.1) is 6.39 Å². The Labute approximate surface area is 470 Å². The van der Waals surface area contributed by atoms with Gasteiger partial charge >= 0.3 is 0 Å². The molecule has 73 radical (unpaired) electrons. The first kappa shape index (κ1) is 71.4. The predicted octanol–water partition coefficient (Wildman–Crippen LogP) is -25.5. The molecule has 0 amide bonds. The molecule has 0 aliphatic heterocycles. The number of rotatable bonds is 32. The molecule has 0 saturated heterocycles. The summed E-state index contributed by atoms with van der Waals surface area (Å²) in [5.41, 5.74) is 0. The van der Waals surface area contributed by atoms with Gasteiger partial charge in [-0.1, -0.05) is 0 Å². The molecular weight excluding hydrogens is 724 g/mol. The Kier molecular flexibility index (Phi) is 35.1. The van der Waals surface area contributed by atoms with E-state index in [4.69, 9.17) is 263 Å². The normalized spacial score (nSPS) is 9.79. The van der Waals surface area contributed by atoms with Gasteiger partial charge in [-0.05, 0) is 417 Å². The van der Waals surface area contributed by atoms with Gasteiger partial charge in [0.25, 0.3) is 0 Å². The molecule has 0 nitrogen and oxygen atoms in total. The maximum absolute atomic E-state index is 7.06. The third-order valence-electron chi connectivity index (χ3n) is 14.0. The molecule has 205 valence electrons. The highest BCUT2D eigenvalue weighted by molar-refractivity contribution is 8.39. The fourth-order valence-corrected chi connectivity index (χ4v) is 11.7. The van der Waals surface area contributed by atoms with Crippen molar-refractivity contribution in [1.82, 2.24) is 0 Å². The molecule has 0 unspecified atom stereocenters. The van der Waals surface area contributed by atoms with Crippen molar-refractivity contribution in [2.24, 2.45) is 0 Å². The van der Waals surface area contributed by atoms with E-state index < -0.39 is 204 Å². The molecular formula is B67-4. The van der Waals surface area contributed by atoms with Crippen molar-refractivity contribution in [2.45, 2.75) is 0 Å². The molecule has 0 heterocycles. The second kappa shape index (κ2) is 32.9. The lowest BCUT2D eigenvalue weighted by atomic mass is 8.22. The summed E-state index contributed by atoms with van der Waals surface area (Å²) in [4.78, 5) is 0. The van der Waals surface area contributed by atoms with Crippen LogP contribution in [0, 0.1) is 0 Å². The lowest BCUT2D eigenvalue weighted by Gasteiger charge is -2.63. The van der Waals surface area contributed by atoms with Crippen LogP contribution in [-0.2, 0) is 0 Å². The van der Waals surface area contributed by atoms with Gasteiger partial charge in [0.2, 0.25) is 0 Å². The van der Waals surface area contributed by atoms with Gasteiger partial charge in [-0.25, -0.2) is 6.39 Å². The number of hydrogen-bond donors (Lipinski definition) is 0. The van der Waals surface area contributed by atoms with Crippen molar-refractivity contribution in [3.05, 3.63) is 0 Å². The molecule has 0 atom stereocenters. The Hall–Kier alpha value is 4.35. The molecule has 0 aromatic carbocycles. The molecule has 0 fully saturated rings. The van der Waals surface area contributed by atoms with Gasteiger partial charge < -0.3 is 37.3 Å². The summed E-state index contributed by atoms with van der Waals surface area (Å²) < 4.78 is 0. The summed E-state index contributed by atoms with van der Waals surface area (Å²) in [6.07, 6.45) is -48.0. The van der Waals surface area contributed by atoms with E-state index in [2.05, 4.69) is 0 Å². The van der Waals surface area contributed by atoms with Crippen molar-refractivity contribution in [3.8, 4) is 0 Å². The highest BCUT2D eigenvalue weighted by Gasteiger charge is 2.63. The maximum atomic E-state index is 7.06. The van der Waals surface area contributed by atoms with Crippen molar-refractivity contribution < 1.29 is 0 Å². The van der Waals surface area contributed by atoms with E-state index in [1.54, 1.807) is 0 Å². The summed E-state index contributed by atoms with van der Waals surface area (Å²) in [6, 6.07) is 0. The lowest BCUT2D eigenvalue weighted by Crippen LogP contribution is -2.98. The summed E-state index contributed by atoms with van der Waals surface area (Å²) in [6.45, 7) is 0. The van der Waals surface area contributed by atoms with E-state index in [1.807, 2.05) is 0 Å². The average molecular weight is 724 g/mol. The van der Waals surface area contributed by atoms with Gasteiger partial charge in [0.1, 0.15) is 0 Å². The van der Waals surface area contributed by atoms with Crippen LogP contribution in [0.5, 0.6) is 0 Å². The van der Waals surface area contributed by atoms with E-state index in [0.29, 0.717) is 0 Å². The minimum atomic E-state index is -1.64. The topological polar surface area (TPSA) is 0 Å². The molecule has 0 N–H and O–H groups in total. The van der Waals surface area contributed by atoms with Gasteiger partial charge in [0.05, 0.1) is 0 Å². The largest absolute Gasteiger partial charge is 0.729 e. The fourth-order valence-electron chi connectivity index (χ4n) is 11.7. The zero-order valence-electron chi connectivity index (χ0n) is 38.7. The highest BCUT2D eigenvalue weighted by Crippen LogP contribution is 2.25. The van der Waals surface area contributed by atoms with Crippen LogP contribution < -0.4 is 0 Å². The Morgan fingerprint density at radius 2 is 0.328 bits per heavy atom. The Balaban J connectivity index is 11.4. The van der Waals surface area contributed by atoms with Crippen molar-refractivity contribution >= 4 is 474 Å².